The van der Waals surface area contributed by atoms with Crippen molar-refractivity contribution in [2.45, 2.75) is 6.54 Å². The highest BCUT2D eigenvalue weighted by Crippen LogP contribution is 2.35. The lowest BCUT2D eigenvalue weighted by atomic mass is 10.2. The van der Waals surface area contributed by atoms with Crippen LogP contribution in [0.15, 0.2) is 24.5 Å². The Balaban J connectivity index is 1.81. The summed E-state index contributed by atoms with van der Waals surface area (Å²) in [5, 5.41) is 5.96. The number of fused-ring (bicyclic) bond motifs is 1. The van der Waals surface area contributed by atoms with Gasteiger partial charge in [-0.1, -0.05) is 0 Å². The first-order chi connectivity index (χ1) is 9.63. The second kappa shape index (κ2) is 4.76. The fourth-order valence-electron chi connectivity index (χ4n) is 2.04. The number of ether oxygens (including phenoxy) is 1. The van der Waals surface area contributed by atoms with Gasteiger partial charge >= 0.3 is 0 Å². The van der Waals surface area contributed by atoms with Gasteiger partial charge in [0.2, 0.25) is 0 Å². The van der Waals surface area contributed by atoms with Crippen LogP contribution in [0.5, 0.6) is 5.75 Å². The van der Waals surface area contributed by atoms with Crippen LogP contribution in [-0.2, 0) is 18.4 Å². The fraction of sp³-hybridized carbons (Fsp3) is 0.231. The van der Waals surface area contributed by atoms with Crippen LogP contribution in [0.4, 0.5) is 17.1 Å². The van der Waals surface area contributed by atoms with Gasteiger partial charge in [0, 0.05) is 25.5 Å². The number of carbonyl (C=O) groups is 1. The molecule has 4 N–H and O–H groups in total. The van der Waals surface area contributed by atoms with Crippen molar-refractivity contribution in [3.05, 3.63) is 30.4 Å². The molecule has 0 aliphatic carbocycles. The SMILES string of the molecule is Cn1ccnc1CNc1cc2c(cc1N)OCC(=O)N2. The predicted octanol–water partition coefficient (Wildman–Crippen LogP) is 0.945. The fourth-order valence-corrected chi connectivity index (χ4v) is 2.04. The average molecular weight is 273 g/mol. The molecule has 1 aromatic heterocycles. The Morgan fingerprint density at radius 3 is 3.15 bits per heavy atom. The van der Waals surface area contributed by atoms with Crippen molar-refractivity contribution >= 4 is 23.0 Å². The van der Waals surface area contributed by atoms with Gasteiger partial charge < -0.3 is 25.7 Å². The summed E-state index contributed by atoms with van der Waals surface area (Å²) in [6.07, 6.45) is 3.61. The van der Waals surface area contributed by atoms with Crippen LogP contribution >= 0.6 is 0 Å². The van der Waals surface area contributed by atoms with Crippen LogP contribution < -0.4 is 21.1 Å². The predicted molar refractivity (Wildman–Crippen MR) is 75.5 cm³/mol. The van der Waals surface area contributed by atoms with Gasteiger partial charge in [-0.25, -0.2) is 4.98 Å². The van der Waals surface area contributed by atoms with Gasteiger partial charge in [-0.05, 0) is 6.07 Å². The molecule has 0 saturated heterocycles. The molecule has 0 spiro atoms. The minimum Gasteiger partial charge on any atom is -0.482 e. The molecule has 1 aromatic carbocycles. The van der Waals surface area contributed by atoms with E-state index in [0.29, 0.717) is 23.7 Å². The third-order valence-electron chi connectivity index (χ3n) is 3.14. The molecule has 7 nitrogen and oxygen atoms in total. The maximum absolute atomic E-state index is 11.3. The quantitative estimate of drug-likeness (QED) is 0.724. The Labute approximate surface area is 115 Å². The summed E-state index contributed by atoms with van der Waals surface area (Å²) in [6.45, 7) is 0.563. The molecule has 0 atom stereocenters. The third-order valence-corrected chi connectivity index (χ3v) is 3.14. The van der Waals surface area contributed by atoms with Gasteiger partial charge in [-0.3, -0.25) is 4.79 Å². The van der Waals surface area contributed by atoms with Gasteiger partial charge in [0.25, 0.3) is 5.91 Å². The molecule has 104 valence electrons. The molecular formula is C13H15N5O2. The second-order valence-corrected chi connectivity index (χ2v) is 4.58. The summed E-state index contributed by atoms with van der Waals surface area (Å²) < 4.78 is 7.23. The van der Waals surface area contributed by atoms with E-state index in [1.54, 1.807) is 18.3 Å². The average Bonchev–Trinajstić information content (AvgIpc) is 2.82. The van der Waals surface area contributed by atoms with E-state index in [9.17, 15) is 4.79 Å². The normalized spacial score (nSPS) is 13.3. The van der Waals surface area contributed by atoms with Crippen LogP contribution in [0, 0.1) is 0 Å². The highest BCUT2D eigenvalue weighted by Gasteiger charge is 2.17. The Kier molecular flexibility index (Phi) is 2.94. The number of aryl methyl sites for hydroxylation is 1. The maximum atomic E-state index is 11.3. The van der Waals surface area contributed by atoms with E-state index >= 15 is 0 Å². The molecule has 7 heteroatoms. The first-order valence-electron chi connectivity index (χ1n) is 6.20. The first-order valence-corrected chi connectivity index (χ1v) is 6.20. The summed E-state index contributed by atoms with van der Waals surface area (Å²) in [7, 11) is 1.92. The van der Waals surface area contributed by atoms with Gasteiger partial charge in [0.1, 0.15) is 11.6 Å². The van der Waals surface area contributed by atoms with Gasteiger partial charge in [-0.15, -0.1) is 0 Å². The number of rotatable bonds is 3. The number of anilines is 3. The molecule has 3 rings (SSSR count). The van der Waals surface area contributed by atoms with E-state index < -0.39 is 0 Å². The zero-order valence-corrected chi connectivity index (χ0v) is 11.0. The number of nitrogens with two attached hydrogens (primary N) is 1. The van der Waals surface area contributed by atoms with Crippen molar-refractivity contribution in [2.24, 2.45) is 7.05 Å². The van der Waals surface area contributed by atoms with Gasteiger partial charge in [-0.2, -0.15) is 0 Å². The Hall–Kier alpha value is -2.70. The smallest absolute Gasteiger partial charge is 0.262 e. The van der Waals surface area contributed by atoms with Crippen LogP contribution in [-0.4, -0.2) is 22.1 Å². The minimum atomic E-state index is -0.169. The highest BCUT2D eigenvalue weighted by molar-refractivity contribution is 5.97. The van der Waals surface area contributed by atoms with E-state index in [4.69, 9.17) is 10.5 Å². The molecular weight excluding hydrogens is 258 g/mol. The number of amides is 1. The summed E-state index contributed by atoms with van der Waals surface area (Å²) in [5.41, 5.74) is 7.90. The van der Waals surface area contributed by atoms with E-state index in [1.165, 1.54) is 0 Å². The van der Waals surface area contributed by atoms with E-state index in [2.05, 4.69) is 15.6 Å². The zero-order chi connectivity index (χ0) is 14.1. The number of carbonyl (C=O) groups excluding carboxylic acids is 1. The number of hydrogen-bond acceptors (Lipinski definition) is 5. The van der Waals surface area contributed by atoms with Crippen molar-refractivity contribution in [3.8, 4) is 5.75 Å². The molecule has 1 aliphatic rings. The number of nitrogens with zero attached hydrogens (tertiary/aromatic N) is 2. The van der Waals surface area contributed by atoms with E-state index in [1.807, 2.05) is 17.8 Å². The summed E-state index contributed by atoms with van der Waals surface area (Å²) >= 11 is 0. The molecule has 0 unspecified atom stereocenters. The lowest BCUT2D eigenvalue weighted by Crippen LogP contribution is -2.25. The summed E-state index contributed by atoms with van der Waals surface area (Å²) in [4.78, 5) is 15.5. The molecule has 2 aromatic rings. The van der Waals surface area contributed by atoms with Gasteiger partial charge in [0.15, 0.2) is 6.61 Å². The van der Waals surface area contributed by atoms with Crippen molar-refractivity contribution in [3.63, 3.8) is 0 Å². The highest BCUT2D eigenvalue weighted by atomic mass is 16.5. The Morgan fingerprint density at radius 1 is 1.55 bits per heavy atom. The van der Waals surface area contributed by atoms with Crippen molar-refractivity contribution in [1.29, 1.82) is 0 Å². The van der Waals surface area contributed by atoms with Crippen LogP contribution in [0.2, 0.25) is 0 Å². The maximum Gasteiger partial charge on any atom is 0.262 e. The first kappa shape index (κ1) is 12.3. The molecule has 0 saturated carbocycles. The van der Waals surface area contributed by atoms with E-state index in [-0.39, 0.29) is 12.5 Å². The van der Waals surface area contributed by atoms with Crippen LogP contribution in [0.3, 0.4) is 0 Å². The molecule has 20 heavy (non-hydrogen) atoms. The molecule has 1 aliphatic heterocycles. The van der Waals surface area contributed by atoms with Crippen LogP contribution in [0.25, 0.3) is 0 Å². The molecule has 0 bridgehead atoms. The second-order valence-electron chi connectivity index (χ2n) is 4.58. The number of aromatic nitrogens is 2. The number of hydrogen-bond donors (Lipinski definition) is 3. The van der Waals surface area contributed by atoms with Crippen molar-refractivity contribution in [2.75, 3.05) is 23.0 Å². The Morgan fingerprint density at radius 2 is 2.40 bits per heavy atom. The largest absolute Gasteiger partial charge is 0.482 e. The third kappa shape index (κ3) is 2.25. The van der Waals surface area contributed by atoms with Crippen molar-refractivity contribution < 1.29 is 9.53 Å². The summed E-state index contributed by atoms with van der Waals surface area (Å²) in [5.74, 6) is 1.31. The number of benzene rings is 1. The van der Waals surface area contributed by atoms with Crippen LogP contribution in [0.1, 0.15) is 5.82 Å². The molecule has 1 amide bonds. The number of imidazole rings is 1. The lowest BCUT2D eigenvalue weighted by Gasteiger charge is -2.20. The standard InChI is InChI=1S/C13H15N5O2/c1-18-3-2-15-12(18)6-16-9-5-10-11(4-8(9)14)20-7-13(19)17-10/h2-5,16H,6-7,14H2,1H3,(H,17,19). The molecule has 0 fully saturated rings. The minimum absolute atomic E-state index is 0.0203. The molecule has 0 radical (unpaired) electrons. The number of nitrogens with one attached hydrogen (secondary N) is 2. The Bertz CT molecular complexity index is 665. The molecule has 2 heterocycles. The summed E-state index contributed by atoms with van der Waals surface area (Å²) in [6, 6.07) is 3.47. The zero-order valence-electron chi connectivity index (χ0n) is 11.0. The topological polar surface area (TPSA) is 94.2 Å². The monoisotopic (exact) mass is 273 g/mol. The van der Waals surface area contributed by atoms with Crippen molar-refractivity contribution in [1.82, 2.24) is 9.55 Å². The van der Waals surface area contributed by atoms with Gasteiger partial charge in [0.05, 0.1) is 23.6 Å². The number of nitrogen functional groups attached to an aromatic ring is 1. The lowest BCUT2D eigenvalue weighted by molar-refractivity contribution is -0.118. The van der Waals surface area contributed by atoms with E-state index in [0.717, 1.165) is 11.5 Å².